The third-order valence-electron chi connectivity index (χ3n) is 6.81. The van der Waals surface area contributed by atoms with Gasteiger partial charge < -0.3 is 15.4 Å². The summed E-state index contributed by atoms with van der Waals surface area (Å²) in [6.07, 6.45) is 1.94. The van der Waals surface area contributed by atoms with Crippen LogP contribution >= 0.6 is 0 Å². The van der Waals surface area contributed by atoms with Gasteiger partial charge in [-0.05, 0) is 46.2 Å². The largest absolute Gasteiger partial charge is 0.379 e. The smallest absolute Gasteiger partial charge is 0.323 e. The van der Waals surface area contributed by atoms with Crippen LogP contribution in [-0.2, 0) is 16.7 Å². The highest BCUT2D eigenvalue weighted by molar-refractivity contribution is 6.09. The second kappa shape index (κ2) is 10.7. The number of carbonyl (C=O) groups is 1. The number of anilines is 2. The van der Waals surface area contributed by atoms with E-state index in [2.05, 4.69) is 72.7 Å². The van der Waals surface area contributed by atoms with Gasteiger partial charge in [0.05, 0.1) is 24.6 Å². The fraction of sp³-hybridized carbons (Fsp3) is 0.290. The Morgan fingerprint density at radius 2 is 1.62 bits per heavy atom. The van der Waals surface area contributed by atoms with E-state index in [0.29, 0.717) is 0 Å². The number of fused-ring (bicyclic) bond motifs is 1. The molecule has 1 saturated heterocycles. The number of carbonyl (C=O) groups excluding carboxylic acids is 1. The van der Waals surface area contributed by atoms with Gasteiger partial charge >= 0.3 is 6.03 Å². The molecular formula is C31H34N4O2. The van der Waals surface area contributed by atoms with E-state index in [4.69, 9.17) is 9.72 Å². The van der Waals surface area contributed by atoms with Crippen molar-refractivity contribution in [1.82, 2.24) is 9.88 Å². The third kappa shape index (κ3) is 5.98. The maximum Gasteiger partial charge on any atom is 0.323 e. The molecule has 1 aromatic heterocycles. The average Bonchev–Trinajstić information content (AvgIpc) is 2.90. The van der Waals surface area contributed by atoms with Crippen LogP contribution in [0.25, 0.3) is 21.9 Å². The number of aromatic nitrogens is 1. The van der Waals surface area contributed by atoms with Gasteiger partial charge in [0.1, 0.15) is 0 Å². The van der Waals surface area contributed by atoms with Gasteiger partial charge in [-0.25, -0.2) is 4.79 Å². The number of pyridine rings is 1. The van der Waals surface area contributed by atoms with Crippen molar-refractivity contribution in [3.63, 3.8) is 0 Å². The van der Waals surface area contributed by atoms with Gasteiger partial charge in [-0.2, -0.15) is 0 Å². The average molecular weight is 495 g/mol. The molecule has 37 heavy (non-hydrogen) atoms. The summed E-state index contributed by atoms with van der Waals surface area (Å²) in [5.41, 5.74) is 6.01. The molecule has 0 atom stereocenters. The molecule has 1 aliphatic heterocycles. The van der Waals surface area contributed by atoms with Crippen LogP contribution in [0.5, 0.6) is 0 Å². The topological polar surface area (TPSA) is 66.5 Å². The fourth-order valence-corrected chi connectivity index (χ4v) is 4.66. The molecule has 1 fully saturated rings. The number of rotatable bonds is 5. The standard InChI is InChI=1S/C31H34N4O2/c1-31(2,3)23-9-12-24(13-10-23)33-30(36)34-29-15-14-26(27-6-4-5-7-28(27)29)22-8-11-25(32-20-22)21-35-16-18-37-19-17-35/h4-15,20H,16-19,21H2,1-3H3,(H2,33,34,36). The Morgan fingerprint density at radius 1 is 0.892 bits per heavy atom. The molecule has 2 heterocycles. The van der Waals surface area contributed by atoms with E-state index in [9.17, 15) is 4.79 Å². The van der Waals surface area contributed by atoms with Crippen molar-refractivity contribution in [3.05, 3.63) is 90.3 Å². The van der Waals surface area contributed by atoms with E-state index in [0.717, 1.165) is 71.8 Å². The maximum atomic E-state index is 12.8. The molecular weight excluding hydrogens is 460 g/mol. The Balaban J connectivity index is 1.32. The van der Waals surface area contributed by atoms with Crippen molar-refractivity contribution < 1.29 is 9.53 Å². The lowest BCUT2D eigenvalue weighted by Crippen LogP contribution is -2.35. The number of ether oxygens (including phenoxy) is 1. The van der Waals surface area contributed by atoms with Crippen LogP contribution < -0.4 is 10.6 Å². The van der Waals surface area contributed by atoms with E-state index >= 15 is 0 Å². The normalized spacial score (nSPS) is 14.5. The molecule has 0 aliphatic carbocycles. The van der Waals surface area contributed by atoms with Crippen molar-refractivity contribution >= 4 is 28.2 Å². The summed E-state index contributed by atoms with van der Waals surface area (Å²) in [4.78, 5) is 19.9. The Morgan fingerprint density at radius 3 is 2.30 bits per heavy atom. The molecule has 0 unspecified atom stereocenters. The monoisotopic (exact) mass is 494 g/mol. The highest BCUT2D eigenvalue weighted by atomic mass is 16.5. The molecule has 0 spiro atoms. The summed E-state index contributed by atoms with van der Waals surface area (Å²) in [5, 5.41) is 8.03. The molecule has 190 valence electrons. The molecule has 3 aromatic carbocycles. The first kappa shape index (κ1) is 24.9. The first-order valence-corrected chi connectivity index (χ1v) is 12.8. The Hall–Kier alpha value is -3.74. The molecule has 1 aliphatic rings. The summed E-state index contributed by atoms with van der Waals surface area (Å²) >= 11 is 0. The van der Waals surface area contributed by atoms with Crippen LogP contribution in [0.3, 0.4) is 0 Å². The van der Waals surface area contributed by atoms with Crippen LogP contribution in [-0.4, -0.2) is 42.2 Å². The van der Waals surface area contributed by atoms with Gasteiger partial charge in [-0.1, -0.05) is 69.3 Å². The lowest BCUT2D eigenvalue weighted by atomic mass is 9.87. The SMILES string of the molecule is CC(C)(C)c1ccc(NC(=O)Nc2ccc(-c3ccc(CN4CCOCC4)nc3)c3ccccc23)cc1. The number of amides is 2. The molecule has 5 rings (SSSR count). The van der Waals surface area contributed by atoms with Gasteiger partial charge in [0, 0.05) is 42.5 Å². The Bertz CT molecular complexity index is 1370. The quantitative estimate of drug-likeness (QED) is 0.325. The van der Waals surface area contributed by atoms with E-state index < -0.39 is 0 Å². The molecule has 0 bridgehead atoms. The molecule has 0 saturated carbocycles. The number of hydrogen-bond acceptors (Lipinski definition) is 4. The van der Waals surface area contributed by atoms with Crippen molar-refractivity contribution in [2.45, 2.75) is 32.7 Å². The maximum absolute atomic E-state index is 12.8. The summed E-state index contributed by atoms with van der Waals surface area (Å²) in [5.74, 6) is 0. The zero-order valence-corrected chi connectivity index (χ0v) is 21.8. The van der Waals surface area contributed by atoms with Crippen LogP contribution in [0.2, 0.25) is 0 Å². The molecule has 2 amide bonds. The summed E-state index contributed by atoms with van der Waals surface area (Å²) in [7, 11) is 0. The van der Waals surface area contributed by atoms with E-state index in [1.54, 1.807) is 0 Å². The van der Waals surface area contributed by atoms with Gasteiger partial charge in [0.15, 0.2) is 0 Å². The fourth-order valence-electron chi connectivity index (χ4n) is 4.66. The Kier molecular flexibility index (Phi) is 7.22. The number of urea groups is 1. The van der Waals surface area contributed by atoms with Crippen molar-refractivity contribution in [2.75, 3.05) is 36.9 Å². The predicted octanol–water partition coefficient (Wildman–Crippen LogP) is 6.68. The first-order valence-electron chi connectivity index (χ1n) is 12.8. The lowest BCUT2D eigenvalue weighted by molar-refractivity contribution is 0.0336. The van der Waals surface area contributed by atoms with Crippen LogP contribution in [0.15, 0.2) is 79.0 Å². The minimum atomic E-state index is -0.268. The van der Waals surface area contributed by atoms with E-state index in [1.165, 1.54) is 5.56 Å². The van der Waals surface area contributed by atoms with Gasteiger partial charge in [-0.15, -0.1) is 0 Å². The minimum absolute atomic E-state index is 0.0695. The second-order valence-electron chi connectivity index (χ2n) is 10.5. The zero-order valence-electron chi connectivity index (χ0n) is 21.8. The van der Waals surface area contributed by atoms with Crippen molar-refractivity contribution in [2.24, 2.45) is 0 Å². The minimum Gasteiger partial charge on any atom is -0.379 e. The lowest BCUT2D eigenvalue weighted by Gasteiger charge is -2.26. The molecule has 6 nitrogen and oxygen atoms in total. The zero-order chi connectivity index (χ0) is 25.8. The van der Waals surface area contributed by atoms with Gasteiger partial charge in [-0.3, -0.25) is 9.88 Å². The number of benzene rings is 3. The van der Waals surface area contributed by atoms with E-state index in [-0.39, 0.29) is 11.4 Å². The van der Waals surface area contributed by atoms with Crippen LogP contribution in [0.4, 0.5) is 16.2 Å². The number of hydrogen-bond donors (Lipinski definition) is 2. The highest BCUT2D eigenvalue weighted by Gasteiger charge is 2.15. The summed E-state index contributed by atoms with van der Waals surface area (Å²) in [6, 6.07) is 24.1. The molecule has 2 N–H and O–H groups in total. The van der Waals surface area contributed by atoms with Gasteiger partial charge in [0.25, 0.3) is 0 Å². The Labute approximate surface area is 218 Å². The molecule has 6 heteroatoms. The van der Waals surface area contributed by atoms with Gasteiger partial charge in [0.2, 0.25) is 0 Å². The van der Waals surface area contributed by atoms with Crippen molar-refractivity contribution in [3.8, 4) is 11.1 Å². The van der Waals surface area contributed by atoms with E-state index in [1.807, 2.05) is 42.6 Å². The van der Waals surface area contributed by atoms with Crippen molar-refractivity contribution in [1.29, 1.82) is 0 Å². The molecule has 4 aromatic rings. The second-order valence-corrected chi connectivity index (χ2v) is 10.5. The highest BCUT2D eigenvalue weighted by Crippen LogP contribution is 2.33. The summed E-state index contributed by atoms with van der Waals surface area (Å²) in [6.45, 7) is 10.8. The summed E-state index contributed by atoms with van der Waals surface area (Å²) < 4.78 is 5.44. The van der Waals surface area contributed by atoms with Crippen LogP contribution in [0, 0.1) is 0 Å². The number of morpholine rings is 1. The third-order valence-corrected chi connectivity index (χ3v) is 6.81. The first-order chi connectivity index (χ1) is 17.9. The number of nitrogens with one attached hydrogen (secondary N) is 2. The predicted molar refractivity (Wildman–Crippen MR) is 151 cm³/mol. The number of nitrogens with zero attached hydrogens (tertiary/aromatic N) is 2. The molecule has 0 radical (unpaired) electrons. The van der Waals surface area contributed by atoms with Crippen LogP contribution in [0.1, 0.15) is 32.0 Å².